The Morgan fingerprint density at radius 1 is 1.12 bits per heavy atom. The van der Waals surface area contributed by atoms with E-state index >= 15 is 0 Å². The van der Waals surface area contributed by atoms with Crippen molar-refractivity contribution in [2.45, 2.75) is 26.3 Å². The number of ether oxygens (including phenoxy) is 1. The van der Waals surface area contributed by atoms with E-state index in [4.69, 9.17) is 27.9 Å². The summed E-state index contributed by atoms with van der Waals surface area (Å²) in [6, 6.07) is 13.3. The molecule has 0 aliphatic rings. The SMILES string of the molecule is COC(=O)C(CC#Cc1ccc(-n2nc(C)cc2C)cc1)NC(=O)c1c(Cl)cccc1Cl. The molecule has 2 aromatic carbocycles. The van der Waals surface area contributed by atoms with Gasteiger partial charge in [-0.15, -0.1) is 0 Å². The van der Waals surface area contributed by atoms with Gasteiger partial charge in [-0.25, -0.2) is 9.48 Å². The fourth-order valence-corrected chi connectivity index (χ4v) is 3.68. The minimum Gasteiger partial charge on any atom is -0.467 e. The van der Waals surface area contributed by atoms with Crippen LogP contribution in [0.15, 0.2) is 48.5 Å². The van der Waals surface area contributed by atoms with E-state index in [1.54, 1.807) is 18.2 Å². The molecule has 164 valence electrons. The van der Waals surface area contributed by atoms with Gasteiger partial charge in [0.1, 0.15) is 6.04 Å². The monoisotopic (exact) mass is 469 g/mol. The van der Waals surface area contributed by atoms with Crippen molar-refractivity contribution in [1.82, 2.24) is 15.1 Å². The maximum atomic E-state index is 12.6. The summed E-state index contributed by atoms with van der Waals surface area (Å²) in [6.07, 6.45) is 0.0553. The van der Waals surface area contributed by atoms with Crippen molar-refractivity contribution in [3.8, 4) is 17.5 Å². The number of amides is 1. The zero-order valence-electron chi connectivity index (χ0n) is 17.8. The van der Waals surface area contributed by atoms with Gasteiger partial charge in [-0.2, -0.15) is 5.10 Å². The predicted octanol–water partition coefficient (Wildman–Crippen LogP) is 4.51. The molecule has 32 heavy (non-hydrogen) atoms. The zero-order chi connectivity index (χ0) is 23.3. The largest absolute Gasteiger partial charge is 0.467 e. The first-order valence-corrected chi connectivity index (χ1v) is 10.5. The average molecular weight is 470 g/mol. The molecule has 0 fully saturated rings. The zero-order valence-corrected chi connectivity index (χ0v) is 19.3. The molecule has 1 amide bonds. The van der Waals surface area contributed by atoms with E-state index in [0.717, 1.165) is 22.6 Å². The van der Waals surface area contributed by atoms with Crippen molar-refractivity contribution in [1.29, 1.82) is 0 Å². The second kappa shape index (κ2) is 10.4. The van der Waals surface area contributed by atoms with Crippen LogP contribution in [0.3, 0.4) is 0 Å². The van der Waals surface area contributed by atoms with Gasteiger partial charge in [0.2, 0.25) is 0 Å². The van der Waals surface area contributed by atoms with Gasteiger partial charge in [-0.05, 0) is 56.3 Å². The van der Waals surface area contributed by atoms with Gasteiger partial charge in [-0.1, -0.05) is 41.1 Å². The summed E-state index contributed by atoms with van der Waals surface area (Å²) in [4.78, 5) is 24.8. The van der Waals surface area contributed by atoms with Crippen LogP contribution in [0.25, 0.3) is 5.69 Å². The fraction of sp³-hybridized carbons (Fsp3) is 0.208. The fourth-order valence-electron chi connectivity index (χ4n) is 3.11. The van der Waals surface area contributed by atoms with Crippen molar-refractivity contribution in [2.24, 2.45) is 0 Å². The highest BCUT2D eigenvalue weighted by Gasteiger charge is 2.23. The number of nitrogens with zero attached hydrogens (tertiary/aromatic N) is 2. The molecular weight excluding hydrogens is 449 g/mol. The van der Waals surface area contributed by atoms with Crippen molar-refractivity contribution in [3.63, 3.8) is 0 Å². The van der Waals surface area contributed by atoms with Crippen LogP contribution < -0.4 is 5.32 Å². The Morgan fingerprint density at radius 2 is 1.78 bits per heavy atom. The van der Waals surface area contributed by atoms with Gasteiger partial charge in [0.25, 0.3) is 5.91 Å². The molecule has 1 N–H and O–H groups in total. The molecule has 3 aromatic rings. The van der Waals surface area contributed by atoms with Crippen molar-refractivity contribution in [2.75, 3.05) is 7.11 Å². The van der Waals surface area contributed by atoms with Crippen LogP contribution in [0, 0.1) is 25.7 Å². The van der Waals surface area contributed by atoms with E-state index in [1.807, 2.05) is 48.9 Å². The lowest BCUT2D eigenvalue weighted by molar-refractivity contribution is -0.142. The molecule has 0 bridgehead atoms. The Morgan fingerprint density at radius 3 is 2.34 bits per heavy atom. The van der Waals surface area contributed by atoms with Crippen LogP contribution >= 0.6 is 23.2 Å². The minimum atomic E-state index is -0.971. The van der Waals surface area contributed by atoms with Crippen LogP contribution in [-0.4, -0.2) is 34.8 Å². The highest BCUT2D eigenvalue weighted by molar-refractivity contribution is 6.39. The quantitative estimate of drug-likeness (QED) is 0.440. The first-order chi connectivity index (χ1) is 15.3. The van der Waals surface area contributed by atoms with Gasteiger partial charge in [0, 0.05) is 17.7 Å². The lowest BCUT2D eigenvalue weighted by atomic mass is 10.1. The second-order valence-electron chi connectivity index (χ2n) is 7.04. The van der Waals surface area contributed by atoms with E-state index in [0.29, 0.717) is 0 Å². The molecule has 1 heterocycles. The maximum Gasteiger partial charge on any atom is 0.329 e. The number of aryl methyl sites for hydroxylation is 2. The Hall–Kier alpha value is -3.27. The standard InChI is InChI=1S/C24H21Cl2N3O3/c1-15-14-16(2)29(28-15)18-12-10-17(11-13-18)6-4-9-21(24(31)32-3)27-23(30)22-19(25)7-5-8-20(22)26/h5,7-8,10-14,21H,9H2,1-3H3,(H,27,30). The molecular formula is C24H21Cl2N3O3. The average Bonchev–Trinajstić information content (AvgIpc) is 3.10. The highest BCUT2D eigenvalue weighted by Crippen LogP contribution is 2.24. The third-order valence-corrected chi connectivity index (χ3v) is 5.27. The lowest BCUT2D eigenvalue weighted by Crippen LogP contribution is -2.41. The minimum absolute atomic E-state index is 0.0553. The number of methoxy groups -OCH3 is 1. The van der Waals surface area contributed by atoms with E-state index in [9.17, 15) is 9.59 Å². The van der Waals surface area contributed by atoms with Crippen molar-refractivity contribution in [3.05, 3.63) is 81.1 Å². The van der Waals surface area contributed by atoms with Crippen LogP contribution in [0.1, 0.15) is 33.7 Å². The Kier molecular flexibility index (Phi) is 7.57. The summed E-state index contributed by atoms with van der Waals surface area (Å²) in [5.74, 6) is 4.73. The van der Waals surface area contributed by atoms with Crippen LogP contribution in [0.4, 0.5) is 0 Å². The Labute approximate surface area is 196 Å². The number of carbonyl (C=O) groups excluding carboxylic acids is 2. The van der Waals surface area contributed by atoms with Gasteiger partial charge >= 0.3 is 5.97 Å². The highest BCUT2D eigenvalue weighted by atomic mass is 35.5. The summed E-state index contributed by atoms with van der Waals surface area (Å²) in [5.41, 5.74) is 3.77. The normalized spacial score (nSPS) is 11.3. The van der Waals surface area contributed by atoms with E-state index in [1.165, 1.54) is 7.11 Å². The van der Waals surface area contributed by atoms with E-state index < -0.39 is 17.9 Å². The number of hydrogen-bond donors (Lipinski definition) is 1. The summed E-state index contributed by atoms with van der Waals surface area (Å²) in [5, 5.41) is 7.43. The number of halogens is 2. The number of esters is 1. The number of rotatable bonds is 5. The Bertz CT molecular complexity index is 1190. The lowest BCUT2D eigenvalue weighted by Gasteiger charge is -2.15. The topological polar surface area (TPSA) is 73.2 Å². The molecule has 0 saturated heterocycles. The van der Waals surface area contributed by atoms with Gasteiger partial charge in [0.05, 0.1) is 34.1 Å². The molecule has 3 rings (SSSR count). The molecule has 1 aromatic heterocycles. The molecule has 0 saturated carbocycles. The number of nitrogens with one attached hydrogen (secondary N) is 1. The third-order valence-electron chi connectivity index (χ3n) is 4.64. The summed E-state index contributed by atoms with van der Waals surface area (Å²) in [6.45, 7) is 3.93. The number of benzene rings is 2. The molecule has 0 aliphatic heterocycles. The molecule has 6 nitrogen and oxygen atoms in total. The van der Waals surface area contributed by atoms with E-state index in [2.05, 4.69) is 22.3 Å². The van der Waals surface area contributed by atoms with Gasteiger partial charge < -0.3 is 10.1 Å². The molecule has 1 unspecified atom stereocenters. The maximum absolute atomic E-state index is 12.6. The smallest absolute Gasteiger partial charge is 0.329 e. The predicted molar refractivity (Wildman–Crippen MR) is 124 cm³/mol. The van der Waals surface area contributed by atoms with Crippen LogP contribution in [0.5, 0.6) is 0 Å². The molecule has 1 atom stereocenters. The number of hydrogen-bond acceptors (Lipinski definition) is 4. The number of carbonyl (C=O) groups is 2. The Balaban J connectivity index is 1.72. The van der Waals surface area contributed by atoms with Crippen LogP contribution in [0.2, 0.25) is 10.0 Å². The van der Waals surface area contributed by atoms with E-state index in [-0.39, 0.29) is 22.0 Å². The second-order valence-corrected chi connectivity index (χ2v) is 7.85. The molecule has 0 spiro atoms. The molecule has 0 radical (unpaired) electrons. The van der Waals surface area contributed by atoms with Gasteiger partial charge in [0.15, 0.2) is 0 Å². The molecule has 0 aliphatic carbocycles. The van der Waals surface area contributed by atoms with Gasteiger partial charge in [-0.3, -0.25) is 4.79 Å². The van der Waals surface area contributed by atoms with Crippen molar-refractivity contribution >= 4 is 35.1 Å². The first-order valence-electron chi connectivity index (χ1n) is 9.75. The summed E-state index contributed by atoms with van der Waals surface area (Å²) >= 11 is 12.2. The van der Waals surface area contributed by atoms with Crippen LogP contribution in [-0.2, 0) is 9.53 Å². The first kappa shape index (κ1) is 23.4. The van der Waals surface area contributed by atoms with Crippen molar-refractivity contribution < 1.29 is 14.3 Å². The number of aromatic nitrogens is 2. The third kappa shape index (κ3) is 5.50. The summed E-state index contributed by atoms with van der Waals surface area (Å²) < 4.78 is 6.65. The summed E-state index contributed by atoms with van der Waals surface area (Å²) in [7, 11) is 1.25. The molecule has 8 heteroatoms.